The highest BCUT2D eigenvalue weighted by atomic mass is 35.5. The Balaban J connectivity index is 2.09. The summed E-state index contributed by atoms with van der Waals surface area (Å²) in [6.45, 7) is 1.76. The van der Waals surface area contributed by atoms with Crippen LogP contribution in [-0.2, 0) is 20.1 Å². The quantitative estimate of drug-likeness (QED) is 0.855. The lowest BCUT2D eigenvalue weighted by Crippen LogP contribution is -2.29. The molecule has 0 amide bonds. The summed E-state index contributed by atoms with van der Waals surface area (Å²) >= 11 is 6.12. The highest BCUT2D eigenvalue weighted by Crippen LogP contribution is 2.16. The van der Waals surface area contributed by atoms with Crippen LogP contribution in [0, 0.1) is 0 Å². The van der Waals surface area contributed by atoms with Crippen molar-refractivity contribution in [3.8, 4) is 0 Å². The molecule has 8 heteroatoms. The van der Waals surface area contributed by atoms with E-state index in [2.05, 4.69) is 15.5 Å². The smallest absolute Gasteiger partial charge is 0.287 e. The van der Waals surface area contributed by atoms with Gasteiger partial charge in [0.2, 0.25) is 0 Å². The van der Waals surface area contributed by atoms with Crippen molar-refractivity contribution in [2.75, 3.05) is 26.0 Å². The molecule has 0 fully saturated rings. The summed E-state index contributed by atoms with van der Waals surface area (Å²) in [4.78, 5) is 14.1. The third-order valence-electron chi connectivity index (χ3n) is 3.13. The summed E-state index contributed by atoms with van der Waals surface area (Å²) in [7, 11) is 5.74. The van der Waals surface area contributed by atoms with Gasteiger partial charge >= 0.3 is 0 Å². The first-order valence-corrected chi connectivity index (χ1v) is 6.98. The average Bonchev–Trinajstić information content (AvgIpc) is 2.85. The molecule has 2 heterocycles. The fourth-order valence-corrected chi connectivity index (χ4v) is 2.02. The van der Waals surface area contributed by atoms with Gasteiger partial charge in [-0.1, -0.05) is 11.6 Å². The molecule has 0 aromatic carbocycles. The molecule has 0 bridgehead atoms. The molecule has 0 unspecified atom stereocenters. The van der Waals surface area contributed by atoms with E-state index in [4.69, 9.17) is 11.6 Å². The zero-order valence-electron chi connectivity index (χ0n) is 12.4. The lowest BCUT2D eigenvalue weighted by molar-refractivity contribution is 0.367. The number of nitrogens with zero attached hydrogens (tertiary/aromatic N) is 5. The van der Waals surface area contributed by atoms with E-state index in [0.717, 1.165) is 12.2 Å². The number of aryl methyl sites for hydroxylation is 1. The molecule has 0 aliphatic carbocycles. The number of nitrogens with one attached hydrogen (secondary N) is 1. The molecule has 0 radical (unpaired) electrons. The molecule has 0 atom stereocenters. The van der Waals surface area contributed by atoms with Crippen molar-refractivity contribution in [2.45, 2.75) is 13.1 Å². The van der Waals surface area contributed by atoms with E-state index in [-0.39, 0.29) is 10.6 Å². The maximum absolute atomic E-state index is 12.1. The maximum Gasteiger partial charge on any atom is 0.287 e. The first-order valence-electron chi connectivity index (χ1n) is 6.60. The van der Waals surface area contributed by atoms with Crippen molar-refractivity contribution >= 4 is 17.3 Å². The average molecular weight is 311 g/mol. The Morgan fingerprint density at radius 3 is 2.76 bits per heavy atom. The Bertz CT molecular complexity index is 663. The Hall–Kier alpha value is -1.86. The number of aromatic nitrogens is 4. The van der Waals surface area contributed by atoms with Crippen molar-refractivity contribution < 1.29 is 0 Å². The van der Waals surface area contributed by atoms with Gasteiger partial charge in [0.25, 0.3) is 5.56 Å². The Morgan fingerprint density at radius 1 is 1.38 bits per heavy atom. The molecule has 0 aliphatic heterocycles. The predicted molar refractivity (Wildman–Crippen MR) is 82.6 cm³/mol. The number of halogens is 1. The van der Waals surface area contributed by atoms with E-state index < -0.39 is 0 Å². The van der Waals surface area contributed by atoms with Crippen LogP contribution in [0.15, 0.2) is 23.3 Å². The molecular weight excluding hydrogens is 292 g/mol. The lowest BCUT2D eigenvalue weighted by Gasteiger charge is -2.12. The van der Waals surface area contributed by atoms with E-state index in [9.17, 15) is 4.79 Å². The van der Waals surface area contributed by atoms with Crippen LogP contribution in [0.25, 0.3) is 0 Å². The molecule has 0 saturated carbocycles. The molecule has 0 aliphatic rings. The topological polar surface area (TPSA) is 68.0 Å². The summed E-state index contributed by atoms with van der Waals surface area (Å²) < 4.78 is 3.13. The lowest BCUT2D eigenvalue weighted by atomic mass is 10.4. The van der Waals surface area contributed by atoms with Gasteiger partial charge in [-0.15, -0.1) is 0 Å². The first kappa shape index (κ1) is 15.5. The normalized spacial score (nSPS) is 11.1. The standard InChI is InChI=1S/C13H19ClN6O/c1-18(2)6-7-20-13(21)12(14)11(9-17-20)15-8-10-4-5-16-19(10)3/h4-5,9,15H,6-8H2,1-3H3. The third-order valence-corrected chi connectivity index (χ3v) is 3.49. The number of rotatable bonds is 6. The molecule has 114 valence electrons. The molecule has 2 aromatic rings. The van der Waals surface area contributed by atoms with Crippen LogP contribution in [0.2, 0.25) is 5.02 Å². The Labute approximate surface area is 128 Å². The fraction of sp³-hybridized carbons (Fsp3) is 0.462. The second kappa shape index (κ2) is 6.73. The Kier molecular flexibility index (Phi) is 4.98. The van der Waals surface area contributed by atoms with Gasteiger partial charge in [0.15, 0.2) is 0 Å². The largest absolute Gasteiger partial charge is 0.377 e. The predicted octanol–water partition coefficient (Wildman–Crippen LogP) is 0.804. The van der Waals surface area contributed by atoms with Gasteiger partial charge in [-0.05, 0) is 20.2 Å². The van der Waals surface area contributed by atoms with E-state index in [1.807, 2.05) is 32.1 Å². The monoisotopic (exact) mass is 310 g/mol. The van der Waals surface area contributed by atoms with Crippen LogP contribution in [-0.4, -0.2) is 45.1 Å². The summed E-state index contributed by atoms with van der Waals surface area (Å²) in [6.07, 6.45) is 3.30. The van der Waals surface area contributed by atoms with Crippen LogP contribution in [0.5, 0.6) is 0 Å². The van der Waals surface area contributed by atoms with E-state index in [1.54, 1.807) is 17.1 Å². The van der Waals surface area contributed by atoms with Crippen LogP contribution in [0.4, 0.5) is 5.69 Å². The summed E-state index contributed by atoms with van der Waals surface area (Å²) in [5.41, 5.74) is 1.24. The van der Waals surface area contributed by atoms with E-state index in [0.29, 0.717) is 18.8 Å². The second-order valence-electron chi connectivity index (χ2n) is 5.00. The minimum atomic E-state index is -0.284. The SMILES string of the molecule is CN(C)CCn1ncc(NCc2ccnn2C)c(Cl)c1=O. The second-order valence-corrected chi connectivity index (χ2v) is 5.38. The molecule has 0 saturated heterocycles. The van der Waals surface area contributed by atoms with Gasteiger partial charge in [0, 0.05) is 19.8 Å². The van der Waals surface area contributed by atoms with Crippen LogP contribution < -0.4 is 10.9 Å². The van der Waals surface area contributed by atoms with Crippen molar-refractivity contribution in [1.29, 1.82) is 0 Å². The van der Waals surface area contributed by atoms with Crippen LogP contribution in [0.3, 0.4) is 0 Å². The number of likely N-dealkylation sites (N-methyl/N-ethyl adjacent to an activating group) is 1. The highest BCUT2D eigenvalue weighted by molar-refractivity contribution is 6.32. The molecular formula is C13H19ClN6O. The minimum Gasteiger partial charge on any atom is -0.377 e. The zero-order chi connectivity index (χ0) is 15.4. The first-order chi connectivity index (χ1) is 9.99. The molecule has 7 nitrogen and oxygen atoms in total. The summed E-state index contributed by atoms with van der Waals surface area (Å²) in [5, 5.41) is 11.5. The fourth-order valence-electron chi connectivity index (χ4n) is 1.80. The van der Waals surface area contributed by atoms with E-state index in [1.165, 1.54) is 4.68 Å². The molecule has 2 rings (SSSR count). The van der Waals surface area contributed by atoms with Gasteiger partial charge in [0.1, 0.15) is 5.02 Å². The minimum absolute atomic E-state index is 0.158. The Morgan fingerprint density at radius 2 is 2.14 bits per heavy atom. The van der Waals surface area contributed by atoms with Crippen molar-refractivity contribution in [3.05, 3.63) is 39.5 Å². The third kappa shape index (κ3) is 3.83. The summed E-state index contributed by atoms with van der Waals surface area (Å²) in [5.74, 6) is 0. The summed E-state index contributed by atoms with van der Waals surface area (Å²) in [6, 6.07) is 1.90. The van der Waals surface area contributed by atoms with Crippen molar-refractivity contribution in [2.24, 2.45) is 7.05 Å². The van der Waals surface area contributed by atoms with Gasteiger partial charge < -0.3 is 10.2 Å². The van der Waals surface area contributed by atoms with Gasteiger partial charge in [-0.25, -0.2) is 4.68 Å². The molecule has 0 spiro atoms. The number of hydrogen-bond donors (Lipinski definition) is 1. The van der Waals surface area contributed by atoms with Crippen molar-refractivity contribution in [1.82, 2.24) is 24.5 Å². The van der Waals surface area contributed by atoms with Crippen molar-refractivity contribution in [3.63, 3.8) is 0 Å². The molecule has 2 aromatic heterocycles. The number of hydrogen-bond acceptors (Lipinski definition) is 5. The molecule has 21 heavy (non-hydrogen) atoms. The van der Waals surface area contributed by atoms with Gasteiger partial charge in [0.05, 0.1) is 30.7 Å². The van der Waals surface area contributed by atoms with E-state index >= 15 is 0 Å². The maximum atomic E-state index is 12.1. The number of anilines is 1. The highest BCUT2D eigenvalue weighted by Gasteiger charge is 2.10. The van der Waals surface area contributed by atoms with Crippen LogP contribution in [0.1, 0.15) is 5.69 Å². The zero-order valence-corrected chi connectivity index (χ0v) is 13.1. The molecule has 1 N–H and O–H groups in total. The van der Waals surface area contributed by atoms with Crippen LogP contribution >= 0.6 is 11.6 Å². The van der Waals surface area contributed by atoms with Gasteiger partial charge in [-0.2, -0.15) is 10.2 Å². The van der Waals surface area contributed by atoms with Gasteiger partial charge in [-0.3, -0.25) is 9.48 Å².